The minimum Gasteiger partial charge on any atom is -0.457 e. The Morgan fingerprint density at radius 3 is 2.58 bits per heavy atom. The average molecular weight is 436 g/mol. The number of nitro groups is 1. The van der Waals surface area contributed by atoms with Crippen molar-refractivity contribution < 1.29 is 14.1 Å². The summed E-state index contributed by atoms with van der Waals surface area (Å²) in [4.78, 5) is 29.1. The largest absolute Gasteiger partial charge is 0.457 e. The van der Waals surface area contributed by atoms with Crippen LogP contribution in [0.5, 0.6) is 0 Å². The van der Waals surface area contributed by atoms with E-state index in [-0.39, 0.29) is 17.1 Å². The molecular formula is C20H16N6O4S. The molecule has 0 radical (unpaired) electrons. The predicted octanol–water partition coefficient (Wildman–Crippen LogP) is 3.53. The molecule has 10 nitrogen and oxygen atoms in total. The van der Waals surface area contributed by atoms with Crippen molar-refractivity contribution in [1.82, 2.24) is 9.91 Å². The van der Waals surface area contributed by atoms with Crippen molar-refractivity contribution in [3.63, 3.8) is 0 Å². The Hall–Kier alpha value is -3.73. The van der Waals surface area contributed by atoms with Crippen molar-refractivity contribution in [2.45, 2.75) is 12.8 Å². The van der Waals surface area contributed by atoms with Crippen LogP contribution in [0.3, 0.4) is 0 Å². The molecule has 0 unspecified atom stereocenters. The van der Waals surface area contributed by atoms with Gasteiger partial charge in [-0.15, -0.1) is 5.10 Å². The van der Waals surface area contributed by atoms with Crippen molar-refractivity contribution >= 4 is 45.6 Å². The first kappa shape index (κ1) is 19.2. The number of carbonyl (C=O) groups is 1. The minimum atomic E-state index is -0.519. The van der Waals surface area contributed by atoms with E-state index in [1.807, 2.05) is 0 Å². The molecule has 2 aromatic rings. The molecule has 1 N–H and O–H groups in total. The zero-order valence-electron chi connectivity index (χ0n) is 16.1. The number of amidine groups is 3. The van der Waals surface area contributed by atoms with Gasteiger partial charge in [0.15, 0.2) is 11.0 Å². The third kappa shape index (κ3) is 3.52. The van der Waals surface area contributed by atoms with Crippen LogP contribution >= 0.6 is 11.8 Å². The summed E-state index contributed by atoms with van der Waals surface area (Å²) in [5, 5.41) is 26.3. The monoisotopic (exact) mass is 436 g/mol. The van der Waals surface area contributed by atoms with Gasteiger partial charge in [0.05, 0.1) is 10.5 Å². The summed E-state index contributed by atoms with van der Waals surface area (Å²) in [5.41, 5.74) is 0.738. The quantitative estimate of drug-likeness (QED) is 0.443. The lowest BCUT2D eigenvalue weighted by atomic mass is 10.1. The Kier molecular flexibility index (Phi) is 4.66. The van der Waals surface area contributed by atoms with E-state index in [1.165, 1.54) is 35.0 Å². The van der Waals surface area contributed by atoms with E-state index in [0.717, 1.165) is 31.1 Å². The molecule has 156 valence electrons. The molecule has 5 rings (SSSR count). The Morgan fingerprint density at radius 1 is 1.13 bits per heavy atom. The van der Waals surface area contributed by atoms with Gasteiger partial charge in [-0.2, -0.15) is 10.0 Å². The number of fused-ring (bicyclic) bond motifs is 1. The number of hydrogen-bond acceptors (Lipinski definition) is 8. The van der Waals surface area contributed by atoms with Crippen molar-refractivity contribution in [2.24, 2.45) is 10.1 Å². The van der Waals surface area contributed by atoms with E-state index >= 15 is 0 Å². The number of nitrogens with one attached hydrogen (secondary N) is 1. The first-order valence-electron chi connectivity index (χ1n) is 9.59. The second kappa shape index (κ2) is 7.51. The van der Waals surface area contributed by atoms with E-state index in [9.17, 15) is 14.9 Å². The highest BCUT2D eigenvalue weighted by Gasteiger charge is 2.37. The van der Waals surface area contributed by atoms with E-state index in [0.29, 0.717) is 22.3 Å². The van der Waals surface area contributed by atoms with Gasteiger partial charge in [0.25, 0.3) is 11.6 Å². The summed E-state index contributed by atoms with van der Waals surface area (Å²) in [6, 6.07) is 9.35. The highest BCUT2D eigenvalue weighted by molar-refractivity contribution is 8.26. The minimum absolute atomic E-state index is 0.00935. The zero-order valence-corrected chi connectivity index (χ0v) is 17.0. The van der Waals surface area contributed by atoms with E-state index in [2.05, 4.69) is 15.0 Å². The summed E-state index contributed by atoms with van der Waals surface area (Å²) in [6.45, 7) is 1.82. The molecule has 0 saturated carbocycles. The number of nitrogens with zero attached hydrogens (tertiary/aromatic N) is 5. The molecule has 1 amide bonds. The molecular weight excluding hydrogens is 420 g/mol. The van der Waals surface area contributed by atoms with E-state index < -0.39 is 10.8 Å². The van der Waals surface area contributed by atoms with Gasteiger partial charge < -0.3 is 9.32 Å². The smallest absolute Gasteiger partial charge is 0.283 e. The van der Waals surface area contributed by atoms with Gasteiger partial charge >= 0.3 is 0 Å². The Labute approximate surface area is 180 Å². The highest BCUT2D eigenvalue weighted by Crippen LogP contribution is 2.31. The summed E-state index contributed by atoms with van der Waals surface area (Å²) in [7, 11) is 0. The molecule has 1 saturated heterocycles. The van der Waals surface area contributed by atoms with Gasteiger partial charge in [-0.1, -0.05) is 0 Å². The Bertz CT molecular complexity index is 1190. The third-order valence-corrected chi connectivity index (χ3v) is 6.07. The van der Waals surface area contributed by atoms with Gasteiger partial charge in [-0.25, -0.2) is 0 Å². The Morgan fingerprint density at radius 2 is 1.87 bits per heavy atom. The molecule has 11 heteroatoms. The number of rotatable bonds is 3. The standard InChI is InChI=1S/C20H16N6O4S/c21-17-15(18(27)22-19-25(17)23-20(31-19)24-9-1-2-10-24)11-14-7-8-16(30-14)12-3-5-13(6-4-12)26(28)29/h3-8,11,21H,1-2,9-10H2/b15-11+,21-17?. The lowest BCUT2D eigenvalue weighted by molar-refractivity contribution is -0.384. The van der Waals surface area contributed by atoms with Crippen LogP contribution in [0, 0.1) is 15.5 Å². The fraction of sp³-hybridized carbons (Fsp3) is 0.200. The van der Waals surface area contributed by atoms with Gasteiger partial charge in [0, 0.05) is 30.8 Å². The molecule has 3 aliphatic rings. The Balaban J connectivity index is 1.39. The average Bonchev–Trinajstić information content (AvgIpc) is 3.51. The first-order chi connectivity index (χ1) is 15.0. The van der Waals surface area contributed by atoms with Crippen LogP contribution in [0.15, 0.2) is 56.5 Å². The van der Waals surface area contributed by atoms with Crippen LogP contribution in [0.25, 0.3) is 17.4 Å². The van der Waals surface area contributed by atoms with Crippen LogP contribution in [0.2, 0.25) is 0 Å². The number of carbonyl (C=O) groups excluding carboxylic acids is 1. The molecule has 0 spiro atoms. The maximum Gasteiger partial charge on any atom is 0.283 e. The first-order valence-corrected chi connectivity index (χ1v) is 10.4. The molecule has 1 fully saturated rings. The summed E-state index contributed by atoms with van der Waals surface area (Å²) >= 11 is 1.30. The number of hydrogen-bond donors (Lipinski definition) is 1. The van der Waals surface area contributed by atoms with Crippen LogP contribution in [-0.2, 0) is 4.79 Å². The summed E-state index contributed by atoms with van der Waals surface area (Å²) in [6.07, 6.45) is 3.67. The number of thioether (sulfide) groups is 1. The lowest BCUT2D eigenvalue weighted by Crippen LogP contribution is -2.35. The van der Waals surface area contributed by atoms with Crippen molar-refractivity contribution in [3.8, 4) is 11.3 Å². The van der Waals surface area contributed by atoms with Crippen LogP contribution in [-0.4, -0.2) is 50.0 Å². The fourth-order valence-corrected chi connectivity index (χ4v) is 4.44. The number of non-ortho nitro benzene ring substituents is 1. The molecule has 0 bridgehead atoms. The van der Waals surface area contributed by atoms with Crippen molar-refractivity contribution in [2.75, 3.05) is 13.1 Å². The zero-order chi connectivity index (χ0) is 21.5. The predicted molar refractivity (Wildman–Crippen MR) is 117 cm³/mol. The summed E-state index contributed by atoms with van der Waals surface area (Å²) < 4.78 is 5.77. The maximum absolute atomic E-state index is 12.6. The summed E-state index contributed by atoms with van der Waals surface area (Å²) in [5.74, 6) is 0.294. The topological polar surface area (TPSA) is 128 Å². The molecule has 31 heavy (non-hydrogen) atoms. The van der Waals surface area contributed by atoms with Crippen LogP contribution in [0.1, 0.15) is 18.6 Å². The molecule has 1 aromatic heterocycles. The molecule has 1 aromatic carbocycles. The van der Waals surface area contributed by atoms with Crippen molar-refractivity contribution in [3.05, 3.63) is 57.8 Å². The van der Waals surface area contributed by atoms with E-state index in [1.54, 1.807) is 24.3 Å². The number of hydrazone groups is 1. The lowest BCUT2D eigenvalue weighted by Gasteiger charge is -2.19. The SMILES string of the molecule is N=C1/C(=C\c2ccc(-c3ccc([N+](=O)[O-])cc3)o2)C(=O)N=C2SC(N3CCCC3)=NN12. The number of likely N-dealkylation sites (tertiary alicyclic amines) is 1. The van der Waals surface area contributed by atoms with E-state index in [4.69, 9.17) is 9.83 Å². The normalized spacial score (nSPS) is 19.7. The highest BCUT2D eigenvalue weighted by atomic mass is 32.2. The van der Waals surface area contributed by atoms with Crippen molar-refractivity contribution in [1.29, 1.82) is 5.41 Å². The van der Waals surface area contributed by atoms with Crippen LogP contribution in [0.4, 0.5) is 5.69 Å². The molecule has 0 atom stereocenters. The molecule has 3 aliphatic heterocycles. The number of furan rings is 1. The second-order valence-corrected chi connectivity index (χ2v) is 8.04. The molecule has 0 aliphatic carbocycles. The van der Waals surface area contributed by atoms with Gasteiger partial charge in [0.1, 0.15) is 11.5 Å². The number of benzene rings is 1. The number of amides is 1. The second-order valence-electron chi connectivity index (χ2n) is 7.10. The van der Waals surface area contributed by atoms with Gasteiger partial charge in [-0.05, 0) is 54.9 Å². The van der Waals surface area contributed by atoms with Gasteiger partial charge in [-0.3, -0.25) is 20.3 Å². The number of nitro benzene ring substituents is 1. The molecule has 4 heterocycles. The van der Waals surface area contributed by atoms with Crippen LogP contribution < -0.4 is 0 Å². The maximum atomic E-state index is 12.6. The number of aliphatic imine (C=N–C) groups is 1. The van der Waals surface area contributed by atoms with Gasteiger partial charge in [0.2, 0.25) is 5.17 Å². The fourth-order valence-electron chi connectivity index (χ4n) is 3.49. The third-order valence-electron chi connectivity index (χ3n) is 5.10.